The Morgan fingerprint density at radius 1 is 1.16 bits per heavy atom. The van der Waals surface area contributed by atoms with Gasteiger partial charge in [-0.1, -0.05) is 12.5 Å². The third-order valence-electron chi connectivity index (χ3n) is 5.78. The highest BCUT2D eigenvalue weighted by Crippen LogP contribution is 2.26. The molecule has 1 unspecified atom stereocenters. The van der Waals surface area contributed by atoms with Crippen molar-refractivity contribution in [2.24, 2.45) is 0 Å². The summed E-state index contributed by atoms with van der Waals surface area (Å²) in [4.78, 5) is 17.1. The summed E-state index contributed by atoms with van der Waals surface area (Å²) in [6.07, 6.45) is 7.95. The van der Waals surface area contributed by atoms with Gasteiger partial charge in [0.25, 0.3) is 5.91 Å². The van der Waals surface area contributed by atoms with Gasteiger partial charge in [0, 0.05) is 42.8 Å². The van der Waals surface area contributed by atoms with Crippen LogP contribution in [0.2, 0.25) is 0 Å². The van der Waals surface area contributed by atoms with Gasteiger partial charge in [-0.25, -0.2) is 8.42 Å². The number of carbonyl (C=O) groups excluding carboxylic acids is 1. The van der Waals surface area contributed by atoms with E-state index in [2.05, 4.69) is 15.4 Å². The van der Waals surface area contributed by atoms with E-state index in [0.717, 1.165) is 24.8 Å². The quantitative estimate of drug-likeness (QED) is 0.617. The number of nitrogens with one attached hydrogen (secondary N) is 1. The summed E-state index contributed by atoms with van der Waals surface area (Å²) < 4.78 is 29.7. The second kappa shape index (κ2) is 9.22. The number of sulfonamides is 1. The maximum absolute atomic E-state index is 13.2. The van der Waals surface area contributed by atoms with Crippen molar-refractivity contribution in [3.63, 3.8) is 0 Å². The zero-order valence-corrected chi connectivity index (χ0v) is 19.0. The smallest absolute Gasteiger partial charge is 0.257 e. The molecule has 4 rings (SSSR count). The molecule has 32 heavy (non-hydrogen) atoms. The Morgan fingerprint density at radius 2 is 1.94 bits per heavy atom. The van der Waals surface area contributed by atoms with E-state index in [9.17, 15) is 13.2 Å². The highest BCUT2D eigenvalue weighted by molar-refractivity contribution is 7.89. The predicted octanol–water partition coefficient (Wildman–Crippen LogP) is 3.45. The third kappa shape index (κ3) is 4.73. The molecule has 9 heteroatoms. The summed E-state index contributed by atoms with van der Waals surface area (Å²) in [5, 5.41) is 7.17. The van der Waals surface area contributed by atoms with Crippen molar-refractivity contribution < 1.29 is 13.2 Å². The van der Waals surface area contributed by atoms with Crippen LogP contribution in [0.3, 0.4) is 0 Å². The molecule has 1 saturated heterocycles. The lowest BCUT2D eigenvalue weighted by Crippen LogP contribution is -2.42. The Labute approximate surface area is 188 Å². The Morgan fingerprint density at radius 3 is 2.69 bits per heavy atom. The average Bonchev–Trinajstić information content (AvgIpc) is 3.21. The predicted molar refractivity (Wildman–Crippen MR) is 122 cm³/mol. The number of aryl methyl sites for hydroxylation is 1. The van der Waals surface area contributed by atoms with Crippen molar-refractivity contribution in [1.82, 2.24) is 19.1 Å². The number of amides is 1. The van der Waals surface area contributed by atoms with Gasteiger partial charge in [-0.2, -0.15) is 9.40 Å². The van der Waals surface area contributed by atoms with E-state index in [4.69, 9.17) is 0 Å². The van der Waals surface area contributed by atoms with Crippen LogP contribution < -0.4 is 5.32 Å². The van der Waals surface area contributed by atoms with Gasteiger partial charge in [-0.05, 0) is 62.1 Å². The first-order chi connectivity index (χ1) is 15.3. The van der Waals surface area contributed by atoms with Crippen LogP contribution in [0.5, 0.6) is 0 Å². The highest BCUT2D eigenvalue weighted by Gasteiger charge is 2.31. The van der Waals surface area contributed by atoms with Crippen LogP contribution in [0, 0.1) is 6.92 Å². The van der Waals surface area contributed by atoms with Gasteiger partial charge in [0.05, 0.1) is 11.4 Å². The number of nitrogens with zero attached hydrogens (tertiary/aromatic N) is 4. The number of rotatable bonds is 6. The van der Waals surface area contributed by atoms with E-state index in [1.165, 1.54) is 6.07 Å². The first-order valence-corrected chi connectivity index (χ1v) is 12.1. The fourth-order valence-electron chi connectivity index (χ4n) is 3.95. The van der Waals surface area contributed by atoms with E-state index in [1.54, 1.807) is 52.7 Å². The zero-order chi connectivity index (χ0) is 22.7. The number of hydrogen-bond donors (Lipinski definition) is 1. The van der Waals surface area contributed by atoms with Crippen molar-refractivity contribution in [2.75, 3.05) is 11.9 Å². The van der Waals surface area contributed by atoms with Gasteiger partial charge < -0.3 is 5.32 Å². The van der Waals surface area contributed by atoms with E-state index in [-0.39, 0.29) is 16.8 Å². The summed E-state index contributed by atoms with van der Waals surface area (Å²) in [7, 11) is -3.66. The molecule has 8 nitrogen and oxygen atoms in total. The molecule has 1 N–H and O–H groups in total. The van der Waals surface area contributed by atoms with Crippen LogP contribution in [0.1, 0.15) is 47.7 Å². The standard InChI is InChI=1S/C23H27N5O3S/c1-17-6-7-20(32(30,31)28-13-4-3-5-18(28)2)15-21(17)23(29)25-22-10-14-27(26-22)16-19-8-11-24-12-9-19/h6-12,14-15,18H,3-5,13,16H2,1-2H3,(H,25,26,29). The SMILES string of the molecule is Cc1ccc(S(=O)(=O)N2CCCCC2C)cc1C(=O)Nc1ccn(Cc2ccncc2)n1. The summed E-state index contributed by atoms with van der Waals surface area (Å²) in [6, 6.07) is 10.2. The van der Waals surface area contributed by atoms with Crippen molar-refractivity contribution >= 4 is 21.7 Å². The number of piperidine rings is 1. The zero-order valence-electron chi connectivity index (χ0n) is 18.2. The molecule has 2 aromatic heterocycles. The molecule has 0 bridgehead atoms. The number of benzene rings is 1. The molecule has 1 aliphatic heterocycles. The minimum absolute atomic E-state index is 0.0447. The third-order valence-corrected chi connectivity index (χ3v) is 7.79. The van der Waals surface area contributed by atoms with E-state index >= 15 is 0 Å². The lowest BCUT2D eigenvalue weighted by atomic mass is 10.1. The molecule has 1 atom stereocenters. The Bertz CT molecular complexity index is 1210. The minimum atomic E-state index is -3.66. The molecule has 1 aliphatic rings. The highest BCUT2D eigenvalue weighted by atomic mass is 32.2. The molecule has 1 aromatic carbocycles. The maximum atomic E-state index is 13.2. The van der Waals surface area contributed by atoms with Crippen molar-refractivity contribution in [2.45, 2.75) is 50.6 Å². The van der Waals surface area contributed by atoms with Crippen LogP contribution in [-0.4, -0.2) is 46.0 Å². The van der Waals surface area contributed by atoms with E-state index in [0.29, 0.717) is 30.0 Å². The second-order valence-electron chi connectivity index (χ2n) is 8.15. The second-order valence-corrected chi connectivity index (χ2v) is 10.0. The van der Waals surface area contributed by atoms with Gasteiger partial charge in [0.2, 0.25) is 10.0 Å². The number of pyridine rings is 1. The fourth-order valence-corrected chi connectivity index (χ4v) is 5.67. The van der Waals surface area contributed by atoms with Crippen LogP contribution in [0.15, 0.2) is 59.9 Å². The molecule has 1 amide bonds. The summed E-state index contributed by atoms with van der Waals surface area (Å²) >= 11 is 0. The van der Waals surface area contributed by atoms with Crippen molar-refractivity contribution in [3.05, 3.63) is 71.7 Å². The molecule has 0 saturated carbocycles. The number of carbonyl (C=O) groups is 1. The Hall–Kier alpha value is -3.04. The topological polar surface area (TPSA) is 97.2 Å². The molecule has 3 aromatic rings. The first-order valence-electron chi connectivity index (χ1n) is 10.7. The number of aromatic nitrogens is 3. The molecule has 3 heterocycles. The Balaban J connectivity index is 1.52. The van der Waals surface area contributed by atoms with Gasteiger partial charge in [0.15, 0.2) is 5.82 Å². The average molecular weight is 454 g/mol. The fraction of sp³-hybridized carbons (Fsp3) is 0.348. The minimum Gasteiger partial charge on any atom is -0.305 e. The summed E-state index contributed by atoms with van der Waals surface area (Å²) in [5.74, 6) is 0.0155. The molecular formula is C23H27N5O3S. The normalized spacial score (nSPS) is 17.2. The molecule has 0 spiro atoms. The van der Waals surface area contributed by atoms with Crippen LogP contribution >= 0.6 is 0 Å². The van der Waals surface area contributed by atoms with Crippen molar-refractivity contribution in [3.8, 4) is 0 Å². The molecule has 1 fully saturated rings. The summed E-state index contributed by atoms with van der Waals surface area (Å²) in [5.41, 5.74) is 2.06. The van der Waals surface area contributed by atoms with Gasteiger partial charge in [0.1, 0.15) is 0 Å². The number of anilines is 1. The van der Waals surface area contributed by atoms with Crippen LogP contribution in [-0.2, 0) is 16.6 Å². The molecule has 168 valence electrons. The molecular weight excluding hydrogens is 426 g/mol. The van der Waals surface area contributed by atoms with Gasteiger partial charge in [-0.15, -0.1) is 0 Å². The monoisotopic (exact) mass is 453 g/mol. The van der Waals surface area contributed by atoms with Crippen LogP contribution in [0.4, 0.5) is 5.82 Å². The van der Waals surface area contributed by atoms with Crippen molar-refractivity contribution in [1.29, 1.82) is 0 Å². The first kappa shape index (κ1) is 22.2. The Kier molecular flexibility index (Phi) is 6.38. The number of hydrogen-bond acceptors (Lipinski definition) is 5. The van der Waals surface area contributed by atoms with Gasteiger partial charge in [-0.3, -0.25) is 14.5 Å². The molecule has 0 radical (unpaired) electrons. The van der Waals surface area contributed by atoms with Gasteiger partial charge >= 0.3 is 0 Å². The van der Waals surface area contributed by atoms with E-state index < -0.39 is 10.0 Å². The molecule has 0 aliphatic carbocycles. The lowest BCUT2D eigenvalue weighted by molar-refractivity contribution is 0.102. The van der Waals surface area contributed by atoms with Crippen LogP contribution in [0.25, 0.3) is 0 Å². The largest absolute Gasteiger partial charge is 0.305 e. The van der Waals surface area contributed by atoms with E-state index in [1.807, 2.05) is 19.1 Å². The summed E-state index contributed by atoms with van der Waals surface area (Å²) in [6.45, 7) is 4.78. The lowest BCUT2D eigenvalue weighted by Gasteiger charge is -2.32. The maximum Gasteiger partial charge on any atom is 0.257 e.